The van der Waals surface area contributed by atoms with Gasteiger partial charge in [0.15, 0.2) is 0 Å². The maximum atomic E-state index is 0. The van der Waals surface area contributed by atoms with Gasteiger partial charge in [0.1, 0.15) is 0 Å². The van der Waals surface area contributed by atoms with E-state index in [0.717, 1.165) is 0 Å². The predicted molar refractivity (Wildman–Crippen MR) is 50.9 cm³/mol. The van der Waals surface area contributed by atoms with E-state index in [0.29, 0.717) is 0 Å². The molecule has 0 radical (unpaired) electrons. The van der Waals surface area contributed by atoms with Crippen LogP contribution < -0.4 is 0 Å². The van der Waals surface area contributed by atoms with Crippen molar-refractivity contribution in [2.24, 2.45) is 0 Å². The molecule has 0 aromatic rings. The first-order valence-corrected chi connectivity index (χ1v) is 0. The summed E-state index contributed by atoms with van der Waals surface area (Å²) in [5.74, 6) is 0. The molecule has 0 amide bonds. The van der Waals surface area contributed by atoms with E-state index in [1.54, 1.807) is 0 Å². The number of hydrogen-bond donors (Lipinski definition) is 0. The molecular formula is H20Ge4Ti. The smallest absolute Gasteiger partial charge is 4.00 e. The standard InChI is InChI=1S/4GeH5.Ti/h4*1H5;/q4*-1;+4. The Bertz CT molecular complexity index is 3.61. The minimum absolute atomic E-state index is 0. The minimum atomic E-state index is 0. The van der Waals surface area contributed by atoms with Crippen LogP contribution in [0, 0.1) is 0 Å². The molecule has 0 aliphatic rings. The van der Waals surface area contributed by atoms with E-state index in [4.69, 9.17) is 0 Å². The van der Waals surface area contributed by atoms with Gasteiger partial charge in [-0.3, -0.25) is 0 Å². The molecule has 0 aliphatic heterocycles. The Morgan fingerprint density at radius 3 is 0.400 bits per heavy atom. The van der Waals surface area contributed by atoms with Crippen molar-refractivity contribution in [2.75, 3.05) is 0 Å². The molecule has 0 rings (SSSR count). The summed E-state index contributed by atoms with van der Waals surface area (Å²) in [6.45, 7) is 0. The average Bonchev–Trinajstić information content (AvgIpc) is 0. The minimum Gasteiger partial charge on any atom is 4.00 e. The van der Waals surface area contributed by atoms with Crippen molar-refractivity contribution in [3.05, 3.63) is 0 Å². The maximum absolute atomic E-state index is 0. The molecule has 0 fully saturated rings. The van der Waals surface area contributed by atoms with Gasteiger partial charge in [0, 0.05) is 0 Å². The third-order valence-electron chi connectivity index (χ3n) is 0. The zero-order valence-electron chi connectivity index (χ0n) is 0.500. The van der Waals surface area contributed by atoms with Crippen LogP contribution in [0.3, 0.4) is 0 Å². The summed E-state index contributed by atoms with van der Waals surface area (Å²) < 4.78 is 0. The molecule has 5 heteroatoms. The van der Waals surface area contributed by atoms with Gasteiger partial charge in [-0.1, -0.05) is 0 Å². The van der Waals surface area contributed by atoms with Gasteiger partial charge in [0.2, 0.25) is 0 Å². The van der Waals surface area contributed by atoms with Crippen molar-refractivity contribution in [1.82, 2.24) is 0 Å². The molecule has 40 valence electrons. The summed E-state index contributed by atoms with van der Waals surface area (Å²) in [5.41, 5.74) is 0. The quantitative estimate of drug-likeness (QED) is 0.378. The summed E-state index contributed by atoms with van der Waals surface area (Å²) in [5, 5.41) is 0. The zero-order valence-corrected chi connectivity index (χ0v) is 2.06. The van der Waals surface area contributed by atoms with Gasteiger partial charge in [0.05, 0.1) is 0 Å². The van der Waals surface area contributed by atoms with Gasteiger partial charge >= 0.3 is 92.1 Å². The third-order valence-corrected chi connectivity index (χ3v) is 0. The van der Waals surface area contributed by atoms with E-state index < -0.39 is 0 Å². The Kier molecular flexibility index (Phi) is 257. The monoisotopic (exact) mass is 364 g/mol. The van der Waals surface area contributed by atoms with Gasteiger partial charge in [-0.2, -0.15) is 0 Å². The van der Waals surface area contributed by atoms with Crippen LogP contribution in [0.15, 0.2) is 0 Å². The second-order valence-electron chi connectivity index (χ2n) is 0. The van der Waals surface area contributed by atoms with Gasteiger partial charge in [-0.15, -0.1) is 0 Å². The van der Waals surface area contributed by atoms with Crippen molar-refractivity contribution in [3.63, 3.8) is 0 Å². The molecule has 0 heterocycles. The van der Waals surface area contributed by atoms with Crippen molar-refractivity contribution in [2.45, 2.75) is 0 Å². The van der Waals surface area contributed by atoms with Crippen LogP contribution in [-0.4, -0.2) is 70.4 Å². The van der Waals surface area contributed by atoms with E-state index in [1.807, 2.05) is 0 Å². The number of rotatable bonds is 0. The van der Waals surface area contributed by atoms with Gasteiger partial charge < -0.3 is 0 Å². The molecule has 0 unspecified atom stereocenters. The average molecular weight is 358 g/mol. The fourth-order valence-corrected chi connectivity index (χ4v) is 0. The summed E-state index contributed by atoms with van der Waals surface area (Å²) in [6.07, 6.45) is 0. The van der Waals surface area contributed by atoms with E-state index in [2.05, 4.69) is 0 Å². The Morgan fingerprint density at radius 1 is 0.400 bits per heavy atom. The third kappa shape index (κ3) is 19.7. The number of hydrogen-bond acceptors (Lipinski definition) is 0. The zero-order chi connectivity index (χ0) is 0. The topological polar surface area (TPSA) is 0 Å². The van der Waals surface area contributed by atoms with Crippen LogP contribution in [0.2, 0.25) is 0 Å². The summed E-state index contributed by atoms with van der Waals surface area (Å²) in [7, 11) is 0. The first-order valence-electron chi connectivity index (χ1n) is 0. The van der Waals surface area contributed by atoms with E-state index >= 15 is 0 Å². The molecule has 0 bridgehead atoms. The SMILES string of the molecule is [GeH5-].[GeH5-].[GeH5-].[GeH5-].[Ti+4]. The molecular weight excluding hydrogens is 338 g/mol. The Labute approximate surface area is 90.8 Å². The summed E-state index contributed by atoms with van der Waals surface area (Å²) in [4.78, 5) is 0. The molecule has 0 saturated carbocycles. The molecule has 0 aromatic carbocycles. The predicted octanol–water partition coefficient (Wildman–Crippen LogP) is -6.88. The molecule has 0 saturated heterocycles. The molecule has 0 aromatic heterocycles. The molecule has 0 aliphatic carbocycles. The second kappa shape index (κ2) is 28.6. The second-order valence-corrected chi connectivity index (χ2v) is 0. The van der Waals surface area contributed by atoms with Crippen LogP contribution >= 0.6 is 0 Å². The van der Waals surface area contributed by atoms with Crippen molar-refractivity contribution < 1.29 is 21.7 Å². The molecule has 5 heavy (non-hydrogen) atoms. The van der Waals surface area contributed by atoms with Crippen LogP contribution in [0.25, 0.3) is 0 Å². The maximum Gasteiger partial charge on any atom is 4.00 e. The Morgan fingerprint density at radius 2 is 0.400 bits per heavy atom. The van der Waals surface area contributed by atoms with Crippen LogP contribution in [-0.2, 0) is 21.7 Å². The normalized spacial score (nSPS) is 0. The fraction of sp³-hybridized carbons (Fsp3) is 0. The van der Waals surface area contributed by atoms with E-state index in [-0.39, 0.29) is 92.1 Å². The van der Waals surface area contributed by atoms with Crippen molar-refractivity contribution in [1.29, 1.82) is 0 Å². The van der Waals surface area contributed by atoms with Crippen molar-refractivity contribution >= 4 is 70.4 Å². The van der Waals surface area contributed by atoms with Crippen LogP contribution in [0.1, 0.15) is 0 Å². The van der Waals surface area contributed by atoms with Crippen molar-refractivity contribution in [3.8, 4) is 0 Å². The van der Waals surface area contributed by atoms with Gasteiger partial charge in [-0.25, -0.2) is 0 Å². The Balaban J connectivity index is 0. The van der Waals surface area contributed by atoms with E-state index in [1.165, 1.54) is 0 Å². The first kappa shape index (κ1) is 44.9. The molecule has 0 nitrogen and oxygen atoms in total. The molecule has 0 N–H and O–H groups in total. The Hall–Kier alpha value is 2.89. The van der Waals surface area contributed by atoms with E-state index in [9.17, 15) is 0 Å². The van der Waals surface area contributed by atoms with Gasteiger partial charge in [0.25, 0.3) is 0 Å². The summed E-state index contributed by atoms with van der Waals surface area (Å²) >= 11 is 0. The molecule has 0 atom stereocenters. The molecule has 0 spiro atoms. The van der Waals surface area contributed by atoms with Crippen LogP contribution in [0.4, 0.5) is 0 Å². The van der Waals surface area contributed by atoms with Crippen LogP contribution in [0.5, 0.6) is 0 Å². The largest absolute Gasteiger partial charge is 4.00 e. The van der Waals surface area contributed by atoms with Gasteiger partial charge in [-0.05, 0) is 0 Å². The first-order chi connectivity index (χ1) is 0. The summed E-state index contributed by atoms with van der Waals surface area (Å²) in [6, 6.07) is 0. The fourth-order valence-electron chi connectivity index (χ4n) is 0.